The van der Waals surface area contributed by atoms with E-state index in [9.17, 15) is 13.2 Å². The van der Waals surface area contributed by atoms with Crippen molar-refractivity contribution in [3.05, 3.63) is 35.9 Å². The van der Waals surface area contributed by atoms with Gasteiger partial charge in [-0.1, -0.05) is 30.3 Å². The van der Waals surface area contributed by atoms with E-state index in [4.69, 9.17) is 5.73 Å². The minimum atomic E-state index is -3.39. The van der Waals surface area contributed by atoms with Crippen molar-refractivity contribution in [1.82, 2.24) is 0 Å². The number of rotatable bonds is 7. The maximum Gasteiger partial charge on any atom is 0.180 e. The minimum Gasteiger partial charge on any atom is -0.330 e. The van der Waals surface area contributed by atoms with Gasteiger partial charge >= 0.3 is 0 Å². The molecule has 0 spiro atoms. The molecule has 1 rings (SSSR count). The summed E-state index contributed by atoms with van der Waals surface area (Å²) in [6, 6.07) is 8.50. The Morgan fingerprint density at radius 2 is 1.83 bits per heavy atom. The molecule has 1 atom stereocenters. The first kappa shape index (κ1) is 14.9. The van der Waals surface area contributed by atoms with Gasteiger partial charge in [0.15, 0.2) is 15.6 Å². The quantitative estimate of drug-likeness (QED) is 0.599. The van der Waals surface area contributed by atoms with Gasteiger partial charge in [-0.3, -0.25) is 4.79 Å². The van der Waals surface area contributed by atoms with Crippen LogP contribution in [0.2, 0.25) is 0 Å². The van der Waals surface area contributed by atoms with Crippen molar-refractivity contribution in [3.8, 4) is 0 Å². The standard InChI is InChI=1S/C13H19NO3S/c1-11(18(16,17)10-6-5-9-14)13(15)12-7-3-2-4-8-12/h2-4,7-8,11H,5-6,9-10,14H2,1H3. The second-order valence-electron chi connectivity index (χ2n) is 4.24. The topological polar surface area (TPSA) is 77.2 Å². The van der Waals surface area contributed by atoms with Gasteiger partial charge in [-0.15, -0.1) is 0 Å². The number of carbonyl (C=O) groups is 1. The Morgan fingerprint density at radius 3 is 2.39 bits per heavy atom. The number of unbranched alkanes of at least 4 members (excludes halogenated alkanes) is 1. The van der Waals surface area contributed by atoms with Gasteiger partial charge in [0.05, 0.1) is 5.75 Å². The predicted octanol–water partition coefficient (Wildman–Crippen LogP) is 1.41. The summed E-state index contributed by atoms with van der Waals surface area (Å²) in [4.78, 5) is 12.0. The molecule has 4 nitrogen and oxygen atoms in total. The largest absolute Gasteiger partial charge is 0.330 e. The summed E-state index contributed by atoms with van der Waals surface area (Å²) >= 11 is 0. The summed E-state index contributed by atoms with van der Waals surface area (Å²) < 4.78 is 23.9. The van der Waals surface area contributed by atoms with E-state index >= 15 is 0 Å². The summed E-state index contributed by atoms with van der Waals surface area (Å²) in [5.41, 5.74) is 5.76. The molecule has 0 radical (unpaired) electrons. The van der Waals surface area contributed by atoms with Gasteiger partial charge in [-0.2, -0.15) is 0 Å². The van der Waals surface area contributed by atoms with E-state index < -0.39 is 15.1 Å². The summed E-state index contributed by atoms with van der Waals surface area (Å²) in [5, 5.41) is -0.988. The molecule has 0 heterocycles. The molecule has 0 amide bonds. The molecule has 0 bridgehead atoms. The first-order chi connectivity index (χ1) is 8.49. The Bertz CT molecular complexity index is 482. The molecule has 1 unspecified atom stereocenters. The lowest BCUT2D eigenvalue weighted by molar-refractivity contribution is 0.0991. The Balaban J connectivity index is 2.74. The number of carbonyl (C=O) groups excluding carboxylic acids is 1. The van der Waals surface area contributed by atoms with Crippen LogP contribution in [0.5, 0.6) is 0 Å². The lowest BCUT2D eigenvalue weighted by Gasteiger charge is -2.11. The van der Waals surface area contributed by atoms with Crippen LogP contribution in [0.25, 0.3) is 0 Å². The molecule has 18 heavy (non-hydrogen) atoms. The monoisotopic (exact) mass is 269 g/mol. The number of hydrogen-bond acceptors (Lipinski definition) is 4. The number of nitrogens with two attached hydrogens (primary N) is 1. The third kappa shape index (κ3) is 3.92. The van der Waals surface area contributed by atoms with E-state index in [1.165, 1.54) is 6.92 Å². The molecule has 0 saturated carbocycles. The van der Waals surface area contributed by atoms with Crippen molar-refractivity contribution in [1.29, 1.82) is 0 Å². The average molecular weight is 269 g/mol. The zero-order valence-electron chi connectivity index (χ0n) is 10.5. The molecular formula is C13H19NO3S. The highest BCUT2D eigenvalue weighted by Crippen LogP contribution is 2.12. The molecular weight excluding hydrogens is 250 g/mol. The Kier molecular flexibility index (Phi) is 5.50. The van der Waals surface area contributed by atoms with Crippen LogP contribution in [0.4, 0.5) is 0 Å². The second kappa shape index (κ2) is 6.66. The van der Waals surface area contributed by atoms with Crippen molar-refractivity contribution in [2.45, 2.75) is 25.0 Å². The van der Waals surface area contributed by atoms with Gasteiger partial charge < -0.3 is 5.73 Å². The number of Topliss-reactive ketones (excluding diaryl/α,β-unsaturated/α-hetero) is 1. The molecule has 5 heteroatoms. The van der Waals surface area contributed by atoms with Crippen LogP contribution in [0, 0.1) is 0 Å². The highest BCUT2D eigenvalue weighted by atomic mass is 32.2. The van der Waals surface area contributed by atoms with E-state index in [1.54, 1.807) is 30.3 Å². The average Bonchev–Trinajstić information content (AvgIpc) is 2.38. The van der Waals surface area contributed by atoms with E-state index in [-0.39, 0.29) is 11.5 Å². The fraction of sp³-hybridized carbons (Fsp3) is 0.462. The van der Waals surface area contributed by atoms with Gasteiger partial charge in [0.1, 0.15) is 5.25 Å². The van der Waals surface area contributed by atoms with Gasteiger partial charge in [0, 0.05) is 5.56 Å². The molecule has 2 N–H and O–H groups in total. The molecule has 0 saturated heterocycles. The maximum atomic E-state index is 12.0. The minimum absolute atomic E-state index is 0.0178. The van der Waals surface area contributed by atoms with Crippen molar-refractivity contribution in [2.75, 3.05) is 12.3 Å². The van der Waals surface area contributed by atoms with E-state index in [0.29, 0.717) is 24.9 Å². The van der Waals surface area contributed by atoms with Crippen molar-refractivity contribution >= 4 is 15.6 Å². The molecule has 0 aliphatic heterocycles. The van der Waals surface area contributed by atoms with Gasteiger partial charge in [-0.05, 0) is 26.3 Å². The van der Waals surface area contributed by atoms with Crippen LogP contribution in [0.15, 0.2) is 30.3 Å². The fourth-order valence-electron chi connectivity index (χ4n) is 1.62. The van der Waals surface area contributed by atoms with Crippen LogP contribution < -0.4 is 5.73 Å². The number of benzene rings is 1. The summed E-state index contributed by atoms with van der Waals surface area (Å²) in [7, 11) is -3.39. The maximum absolute atomic E-state index is 12.0. The van der Waals surface area contributed by atoms with E-state index in [1.807, 2.05) is 0 Å². The zero-order valence-corrected chi connectivity index (χ0v) is 11.3. The van der Waals surface area contributed by atoms with Crippen LogP contribution >= 0.6 is 0 Å². The predicted molar refractivity (Wildman–Crippen MR) is 72.3 cm³/mol. The third-order valence-corrected chi connectivity index (χ3v) is 5.00. The van der Waals surface area contributed by atoms with Crippen molar-refractivity contribution in [2.24, 2.45) is 5.73 Å². The van der Waals surface area contributed by atoms with Gasteiger partial charge in [0.25, 0.3) is 0 Å². The smallest absolute Gasteiger partial charge is 0.180 e. The highest BCUT2D eigenvalue weighted by Gasteiger charge is 2.27. The molecule has 0 aliphatic carbocycles. The third-order valence-electron chi connectivity index (χ3n) is 2.85. The summed E-state index contributed by atoms with van der Waals surface area (Å²) in [5.74, 6) is -0.326. The Morgan fingerprint density at radius 1 is 1.22 bits per heavy atom. The lowest BCUT2D eigenvalue weighted by Crippen LogP contribution is -2.29. The van der Waals surface area contributed by atoms with Crippen LogP contribution in [0.3, 0.4) is 0 Å². The number of ketones is 1. The number of sulfone groups is 1. The zero-order chi connectivity index (χ0) is 13.6. The van der Waals surface area contributed by atoms with Crippen LogP contribution in [-0.2, 0) is 9.84 Å². The molecule has 1 aromatic carbocycles. The van der Waals surface area contributed by atoms with Gasteiger partial charge in [-0.25, -0.2) is 8.42 Å². The first-order valence-corrected chi connectivity index (χ1v) is 7.71. The van der Waals surface area contributed by atoms with Crippen LogP contribution in [-0.4, -0.2) is 31.7 Å². The Labute approximate surface area is 108 Å². The normalized spacial score (nSPS) is 13.2. The van der Waals surface area contributed by atoms with Crippen LogP contribution in [0.1, 0.15) is 30.1 Å². The number of hydrogen-bond donors (Lipinski definition) is 1. The molecule has 100 valence electrons. The van der Waals surface area contributed by atoms with Crippen molar-refractivity contribution in [3.63, 3.8) is 0 Å². The fourth-order valence-corrected chi connectivity index (χ4v) is 3.05. The summed E-state index contributed by atoms with van der Waals surface area (Å²) in [6.07, 6.45) is 1.16. The SMILES string of the molecule is CC(C(=O)c1ccccc1)S(=O)(=O)CCCCN. The Hall–Kier alpha value is -1.20. The van der Waals surface area contributed by atoms with E-state index in [2.05, 4.69) is 0 Å². The molecule has 1 aromatic rings. The summed E-state index contributed by atoms with van der Waals surface area (Å²) in [6.45, 7) is 1.92. The highest BCUT2D eigenvalue weighted by molar-refractivity contribution is 7.92. The van der Waals surface area contributed by atoms with Crippen molar-refractivity contribution < 1.29 is 13.2 Å². The van der Waals surface area contributed by atoms with Gasteiger partial charge in [0.2, 0.25) is 0 Å². The lowest BCUT2D eigenvalue weighted by atomic mass is 10.1. The van der Waals surface area contributed by atoms with E-state index in [0.717, 1.165) is 0 Å². The first-order valence-electron chi connectivity index (χ1n) is 6.00. The second-order valence-corrected chi connectivity index (χ2v) is 6.68. The molecule has 0 fully saturated rings. The molecule has 0 aromatic heterocycles. The molecule has 0 aliphatic rings.